The van der Waals surface area contributed by atoms with Gasteiger partial charge in [-0.3, -0.25) is 0 Å². The van der Waals surface area contributed by atoms with E-state index in [1.54, 1.807) is 11.8 Å². The van der Waals surface area contributed by atoms with Gasteiger partial charge in [0.25, 0.3) is 0 Å². The van der Waals surface area contributed by atoms with Crippen LogP contribution in [0.1, 0.15) is 44.1 Å². The first kappa shape index (κ1) is 16.0. The smallest absolute Gasteiger partial charge is 0.195 e. The summed E-state index contributed by atoms with van der Waals surface area (Å²) < 4.78 is 2.03. The van der Waals surface area contributed by atoms with E-state index >= 15 is 0 Å². The molecule has 0 aliphatic heterocycles. The summed E-state index contributed by atoms with van der Waals surface area (Å²) in [5.41, 5.74) is 1.35. The van der Waals surface area contributed by atoms with E-state index in [1.807, 2.05) is 18.5 Å². The predicted octanol–water partition coefficient (Wildman–Crippen LogP) is 3.73. The van der Waals surface area contributed by atoms with Crippen LogP contribution in [0.2, 0.25) is 0 Å². The van der Waals surface area contributed by atoms with Crippen molar-refractivity contribution in [2.24, 2.45) is 7.05 Å². The second-order valence-electron chi connectivity index (χ2n) is 5.14. The van der Waals surface area contributed by atoms with Crippen molar-refractivity contribution in [2.45, 2.75) is 49.7 Å². The average molecular weight is 304 g/mol. The predicted molar refractivity (Wildman–Crippen MR) is 87.6 cm³/mol. The Kier molecular flexibility index (Phi) is 5.82. The van der Waals surface area contributed by atoms with Crippen molar-refractivity contribution in [3.05, 3.63) is 35.7 Å². The molecule has 0 spiro atoms. The molecule has 0 radical (unpaired) electrons. The lowest BCUT2D eigenvalue weighted by Gasteiger charge is -2.20. The third-order valence-corrected chi connectivity index (χ3v) is 4.73. The third-order valence-electron chi connectivity index (χ3n) is 3.60. The largest absolute Gasteiger partial charge is 0.310 e. The zero-order chi connectivity index (χ0) is 15.2. The first-order chi connectivity index (χ1) is 10.2. The van der Waals surface area contributed by atoms with Crippen LogP contribution >= 0.6 is 11.8 Å². The minimum Gasteiger partial charge on any atom is -0.310 e. The van der Waals surface area contributed by atoms with Crippen LogP contribution in [0.5, 0.6) is 0 Å². The molecule has 0 saturated heterocycles. The molecule has 0 saturated carbocycles. The molecular formula is C16H24N4S. The van der Waals surface area contributed by atoms with Crippen LogP contribution in [-0.4, -0.2) is 21.3 Å². The Morgan fingerprint density at radius 2 is 2.00 bits per heavy atom. The molecule has 1 atom stereocenters. The highest BCUT2D eigenvalue weighted by Crippen LogP contribution is 2.33. The topological polar surface area (TPSA) is 42.7 Å². The summed E-state index contributed by atoms with van der Waals surface area (Å²) in [5, 5.41) is 12.9. The van der Waals surface area contributed by atoms with Crippen LogP contribution in [0, 0.1) is 6.92 Å². The summed E-state index contributed by atoms with van der Waals surface area (Å²) in [6.07, 6.45) is 2.23. The summed E-state index contributed by atoms with van der Waals surface area (Å²) in [6, 6.07) is 8.96. The van der Waals surface area contributed by atoms with Gasteiger partial charge in [-0.05, 0) is 49.7 Å². The van der Waals surface area contributed by atoms with Gasteiger partial charge < -0.3 is 9.88 Å². The standard InChI is InChI=1S/C16H24N4S/c1-5-11-17-14(6-2)13-9-7-8-10-15(13)21-16-19-18-12(3)20(16)4/h7-10,14,17H,5-6,11H2,1-4H3. The van der Waals surface area contributed by atoms with Crippen LogP contribution in [0.15, 0.2) is 34.3 Å². The number of nitrogens with one attached hydrogen (secondary N) is 1. The molecule has 114 valence electrons. The quantitative estimate of drug-likeness (QED) is 0.846. The van der Waals surface area contributed by atoms with Crippen molar-refractivity contribution in [1.29, 1.82) is 0 Å². The summed E-state index contributed by atoms with van der Waals surface area (Å²) in [7, 11) is 2.01. The number of hydrogen-bond acceptors (Lipinski definition) is 4. The van der Waals surface area contributed by atoms with Gasteiger partial charge in [0.2, 0.25) is 0 Å². The van der Waals surface area contributed by atoms with Crippen molar-refractivity contribution in [1.82, 2.24) is 20.1 Å². The Labute approximate surface area is 131 Å². The molecule has 0 bridgehead atoms. The van der Waals surface area contributed by atoms with Crippen molar-refractivity contribution >= 4 is 11.8 Å². The Morgan fingerprint density at radius 1 is 1.24 bits per heavy atom. The Hall–Kier alpha value is -1.33. The molecule has 0 fully saturated rings. The summed E-state index contributed by atoms with van der Waals surface area (Å²) in [4.78, 5) is 1.25. The fourth-order valence-corrected chi connectivity index (χ4v) is 3.25. The lowest BCUT2D eigenvalue weighted by atomic mass is 10.0. The van der Waals surface area contributed by atoms with E-state index in [1.165, 1.54) is 10.5 Å². The molecule has 0 aliphatic rings. The first-order valence-electron chi connectivity index (χ1n) is 7.53. The fourth-order valence-electron chi connectivity index (χ4n) is 2.23. The Balaban J connectivity index is 2.25. The van der Waals surface area contributed by atoms with Gasteiger partial charge >= 0.3 is 0 Å². The average Bonchev–Trinajstić information content (AvgIpc) is 2.81. The second-order valence-corrected chi connectivity index (χ2v) is 6.15. The zero-order valence-corrected chi connectivity index (χ0v) is 14.1. The Morgan fingerprint density at radius 3 is 2.62 bits per heavy atom. The maximum absolute atomic E-state index is 4.25. The number of nitrogens with zero attached hydrogens (tertiary/aromatic N) is 3. The van der Waals surface area contributed by atoms with E-state index in [4.69, 9.17) is 0 Å². The minimum atomic E-state index is 0.392. The first-order valence-corrected chi connectivity index (χ1v) is 8.35. The van der Waals surface area contributed by atoms with Crippen molar-refractivity contribution in [3.8, 4) is 0 Å². The summed E-state index contributed by atoms with van der Waals surface area (Å²) in [6.45, 7) is 7.44. The van der Waals surface area contributed by atoms with Gasteiger partial charge in [0.05, 0.1) is 0 Å². The van der Waals surface area contributed by atoms with E-state index in [0.717, 1.165) is 30.4 Å². The molecule has 4 nitrogen and oxygen atoms in total. The zero-order valence-electron chi connectivity index (χ0n) is 13.3. The SMILES string of the molecule is CCCNC(CC)c1ccccc1Sc1nnc(C)n1C. The minimum absolute atomic E-state index is 0.392. The van der Waals surface area contributed by atoms with E-state index in [0.29, 0.717) is 6.04 Å². The lowest BCUT2D eigenvalue weighted by Crippen LogP contribution is -2.22. The van der Waals surface area contributed by atoms with Crippen LogP contribution in [0.25, 0.3) is 0 Å². The maximum atomic E-state index is 4.25. The van der Waals surface area contributed by atoms with E-state index in [-0.39, 0.29) is 0 Å². The molecule has 5 heteroatoms. The number of aromatic nitrogens is 3. The van der Waals surface area contributed by atoms with Gasteiger partial charge in [-0.15, -0.1) is 10.2 Å². The van der Waals surface area contributed by atoms with Crippen LogP contribution < -0.4 is 5.32 Å². The third kappa shape index (κ3) is 3.86. The van der Waals surface area contributed by atoms with Crippen LogP contribution in [-0.2, 0) is 7.05 Å². The van der Waals surface area contributed by atoms with E-state index in [9.17, 15) is 0 Å². The monoisotopic (exact) mass is 304 g/mol. The molecule has 1 heterocycles. The van der Waals surface area contributed by atoms with Gasteiger partial charge in [0, 0.05) is 18.0 Å². The second kappa shape index (κ2) is 7.61. The van der Waals surface area contributed by atoms with E-state index < -0.39 is 0 Å². The van der Waals surface area contributed by atoms with Gasteiger partial charge in [0.1, 0.15) is 5.82 Å². The molecule has 1 aromatic heterocycles. The summed E-state index contributed by atoms with van der Waals surface area (Å²) in [5.74, 6) is 0.936. The van der Waals surface area contributed by atoms with Gasteiger partial charge in [-0.25, -0.2) is 0 Å². The molecule has 1 aromatic carbocycles. The molecule has 1 N–H and O–H groups in total. The fraction of sp³-hybridized carbons (Fsp3) is 0.500. The number of aryl methyl sites for hydroxylation is 1. The van der Waals surface area contributed by atoms with Gasteiger partial charge in [-0.2, -0.15) is 0 Å². The maximum Gasteiger partial charge on any atom is 0.195 e. The van der Waals surface area contributed by atoms with Gasteiger partial charge in [0.15, 0.2) is 5.16 Å². The van der Waals surface area contributed by atoms with Crippen molar-refractivity contribution < 1.29 is 0 Å². The summed E-state index contributed by atoms with van der Waals surface area (Å²) >= 11 is 1.69. The number of rotatable bonds is 7. The van der Waals surface area contributed by atoms with Crippen LogP contribution in [0.3, 0.4) is 0 Å². The molecule has 1 unspecified atom stereocenters. The molecule has 0 aliphatic carbocycles. The molecular weight excluding hydrogens is 280 g/mol. The number of benzene rings is 1. The molecule has 2 rings (SSSR count). The van der Waals surface area contributed by atoms with Crippen molar-refractivity contribution in [2.75, 3.05) is 6.54 Å². The van der Waals surface area contributed by atoms with E-state index in [2.05, 4.69) is 53.6 Å². The molecule has 0 amide bonds. The van der Waals surface area contributed by atoms with Gasteiger partial charge in [-0.1, -0.05) is 32.0 Å². The lowest BCUT2D eigenvalue weighted by molar-refractivity contribution is 0.512. The normalized spacial score (nSPS) is 12.6. The Bertz CT molecular complexity index is 579. The highest BCUT2D eigenvalue weighted by Gasteiger charge is 2.15. The highest BCUT2D eigenvalue weighted by atomic mass is 32.2. The highest BCUT2D eigenvalue weighted by molar-refractivity contribution is 7.99. The number of hydrogen-bond donors (Lipinski definition) is 1. The van der Waals surface area contributed by atoms with Crippen molar-refractivity contribution in [3.63, 3.8) is 0 Å². The molecule has 21 heavy (non-hydrogen) atoms. The van der Waals surface area contributed by atoms with Crippen LogP contribution in [0.4, 0.5) is 0 Å². The molecule has 2 aromatic rings.